The number of methoxy groups -OCH3 is 2. The molecule has 0 unspecified atom stereocenters. The monoisotopic (exact) mass is 459 g/mol. The highest BCUT2D eigenvalue weighted by atomic mass is 16.5. The molecule has 8 nitrogen and oxygen atoms in total. The number of carbonyl (C=O) groups excluding carboxylic acids is 2. The van der Waals surface area contributed by atoms with Gasteiger partial charge in [0.15, 0.2) is 12.4 Å². The molecular weight excluding hydrogens is 438 g/mol. The molecule has 0 spiro atoms. The highest BCUT2D eigenvalue weighted by Crippen LogP contribution is 2.32. The Hall–Kier alpha value is -4.59. The lowest BCUT2D eigenvalue weighted by atomic mass is 10.1. The second-order valence-corrected chi connectivity index (χ2v) is 7.19. The lowest BCUT2D eigenvalue weighted by molar-refractivity contribution is -0.118. The third kappa shape index (κ3) is 4.61. The Labute approximate surface area is 194 Å². The minimum absolute atomic E-state index is 0.0970. The normalized spacial score (nSPS) is 10.5. The van der Waals surface area contributed by atoms with Crippen LogP contribution in [-0.4, -0.2) is 32.7 Å². The first-order chi connectivity index (χ1) is 16.5. The van der Waals surface area contributed by atoms with Crippen molar-refractivity contribution in [1.29, 1.82) is 0 Å². The third-order valence-corrected chi connectivity index (χ3v) is 5.06. The smallest absolute Gasteiger partial charge is 0.339 e. The van der Waals surface area contributed by atoms with E-state index >= 15 is 0 Å². The molecule has 0 aliphatic carbocycles. The number of para-hydroxylation sites is 2. The van der Waals surface area contributed by atoms with Crippen LogP contribution in [0.3, 0.4) is 0 Å². The van der Waals surface area contributed by atoms with Crippen LogP contribution in [0.5, 0.6) is 11.5 Å². The van der Waals surface area contributed by atoms with Crippen LogP contribution in [0.25, 0.3) is 22.3 Å². The van der Waals surface area contributed by atoms with Gasteiger partial charge in [0.05, 0.1) is 30.9 Å². The highest BCUT2D eigenvalue weighted by molar-refractivity contribution is 6.01. The Morgan fingerprint density at radius 2 is 1.62 bits per heavy atom. The number of amides is 1. The molecule has 0 saturated heterocycles. The van der Waals surface area contributed by atoms with Crippen molar-refractivity contribution in [2.45, 2.75) is 0 Å². The molecule has 0 atom stereocenters. The average Bonchev–Trinajstić information content (AvgIpc) is 2.88. The number of ether oxygens (including phenoxy) is 3. The van der Waals surface area contributed by atoms with Crippen molar-refractivity contribution in [3.05, 3.63) is 88.6 Å². The maximum absolute atomic E-state index is 13.2. The molecule has 1 amide bonds. The van der Waals surface area contributed by atoms with Crippen molar-refractivity contribution >= 4 is 28.5 Å². The van der Waals surface area contributed by atoms with Crippen LogP contribution in [0.1, 0.15) is 10.4 Å². The van der Waals surface area contributed by atoms with E-state index in [4.69, 9.17) is 18.6 Å². The van der Waals surface area contributed by atoms with E-state index in [1.54, 1.807) is 73.8 Å². The number of hydrogen-bond donors (Lipinski definition) is 1. The fourth-order valence-electron chi connectivity index (χ4n) is 3.39. The molecule has 34 heavy (non-hydrogen) atoms. The summed E-state index contributed by atoms with van der Waals surface area (Å²) in [6.45, 7) is -0.484. The number of anilines is 1. The van der Waals surface area contributed by atoms with Gasteiger partial charge in [0, 0.05) is 5.56 Å². The molecular formula is C26H21NO7. The molecule has 0 bridgehead atoms. The summed E-state index contributed by atoms with van der Waals surface area (Å²) in [5.41, 5.74) is 1.03. The van der Waals surface area contributed by atoms with Crippen molar-refractivity contribution in [2.24, 2.45) is 0 Å². The first-order valence-corrected chi connectivity index (χ1v) is 10.3. The minimum Gasteiger partial charge on any atom is -0.497 e. The van der Waals surface area contributed by atoms with Crippen LogP contribution < -0.4 is 20.2 Å². The van der Waals surface area contributed by atoms with Crippen LogP contribution in [-0.2, 0) is 9.53 Å². The van der Waals surface area contributed by atoms with E-state index in [2.05, 4.69) is 5.32 Å². The molecule has 0 fully saturated rings. The molecule has 0 saturated carbocycles. The number of benzene rings is 3. The van der Waals surface area contributed by atoms with Gasteiger partial charge in [-0.25, -0.2) is 4.79 Å². The highest BCUT2D eigenvalue weighted by Gasteiger charge is 2.20. The minimum atomic E-state index is -0.589. The van der Waals surface area contributed by atoms with Crippen LogP contribution in [0.4, 0.5) is 5.69 Å². The molecule has 0 aliphatic heterocycles. The van der Waals surface area contributed by atoms with E-state index in [1.165, 1.54) is 13.2 Å². The maximum Gasteiger partial charge on any atom is 0.339 e. The zero-order chi connectivity index (χ0) is 24.1. The van der Waals surface area contributed by atoms with E-state index in [1.807, 2.05) is 0 Å². The second-order valence-electron chi connectivity index (χ2n) is 7.19. The number of hydrogen-bond acceptors (Lipinski definition) is 7. The van der Waals surface area contributed by atoms with E-state index in [-0.39, 0.29) is 22.8 Å². The fraction of sp³-hybridized carbons (Fsp3) is 0.115. The SMILES string of the molecule is COC(=O)c1ccccc1NC(=O)COc1c(-c2ccc(OC)cc2)oc2ccccc2c1=O. The van der Waals surface area contributed by atoms with E-state index in [0.717, 1.165) is 0 Å². The molecule has 1 heterocycles. The predicted molar refractivity (Wildman–Crippen MR) is 126 cm³/mol. The summed E-state index contributed by atoms with van der Waals surface area (Å²) in [6, 6.07) is 20.1. The van der Waals surface area contributed by atoms with Gasteiger partial charge in [-0.15, -0.1) is 0 Å². The molecule has 0 radical (unpaired) electrons. The van der Waals surface area contributed by atoms with Crippen molar-refractivity contribution < 1.29 is 28.2 Å². The van der Waals surface area contributed by atoms with Gasteiger partial charge in [0.2, 0.25) is 11.2 Å². The maximum atomic E-state index is 13.2. The molecule has 1 N–H and O–H groups in total. The summed E-state index contributed by atoms with van der Waals surface area (Å²) in [6.07, 6.45) is 0. The summed E-state index contributed by atoms with van der Waals surface area (Å²) in [5.74, 6) is -0.425. The van der Waals surface area contributed by atoms with E-state index < -0.39 is 23.9 Å². The summed E-state index contributed by atoms with van der Waals surface area (Å²) in [5, 5.41) is 2.94. The Bertz CT molecular complexity index is 1410. The first kappa shape index (κ1) is 22.6. The molecule has 3 aromatic carbocycles. The van der Waals surface area contributed by atoms with Gasteiger partial charge in [0.25, 0.3) is 5.91 Å². The third-order valence-electron chi connectivity index (χ3n) is 5.06. The van der Waals surface area contributed by atoms with Crippen molar-refractivity contribution in [2.75, 3.05) is 26.1 Å². The van der Waals surface area contributed by atoms with Crippen LogP contribution >= 0.6 is 0 Å². The molecule has 4 aromatic rings. The summed E-state index contributed by atoms with van der Waals surface area (Å²) in [4.78, 5) is 37.8. The number of esters is 1. The van der Waals surface area contributed by atoms with Crippen LogP contribution in [0, 0.1) is 0 Å². The fourth-order valence-corrected chi connectivity index (χ4v) is 3.39. The average molecular weight is 459 g/mol. The number of fused-ring (bicyclic) bond motifs is 1. The largest absolute Gasteiger partial charge is 0.497 e. The lowest BCUT2D eigenvalue weighted by Crippen LogP contribution is -2.23. The second kappa shape index (κ2) is 9.91. The Morgan fingerprint density at radius 3 is 2.35 bits per heavy atom. The van der Waals surface area contributed by atoms with Gasteiger partial charge in [-0.3, -0.25) is 9.59 Å². The molecule has 8 heteroatoms. The molecule has 0 aliphatic rings. The summed E-state index contributed by atoms with van der Waals surface area (Å²) < 4.78 is 21.6. The standard InChI is InChI=1S/C26H21NO7/c1-31-17-13-11-16(12-14-17)24-25(23(29)19-8-4-6-10-21(19)34-24)33-15-22(28)27-20-9-5-3-7-18(20)26(30)32-2/h3-14H,15H2,1-2H3,(H,27,28). The quantitative estimate of drug-likeness (QED) is 0.412. The topological polar surface area (TPSA) is 104 Å². The Balaban J connectivity index is 1.65. The zero-order valence-corrected chi connectivity index (χ0v) is 18.5. The van der Waals surface area contributed by atoms with Gasteiger partial charge in [-0.2, -0.15) is 0 Å². The lowest BCUT2D eigenvalue weighted by Gasteiger charge is -2.13. The van der Waals surface area contributed by atoms with Gasteiger partial charge in [-0.1, -0.05) is 24.3 Å². The number of rotatable bonds is 7. The van der Waals surface area contributed by atoms with E-state index in [9.17, 15) is 14.4 Å². The van der Waals surface area contributed by atoms with Crippen molar-refractivity contribution in [3.8, 4) is 22.8 Å². The van der Waals surface area contributed by atoms with Crippen LogP contribution in [0.15, 0.2) is 82.0 Å². The Kier molecular flexibility index (Phi) is 6.59. The van der Waals surface area contributed by atoms with Crippen molar-refractivity contribution in [3.63, 3.8) is 0 Å². The summed E-state index contributed by atoms with van der Waals surface area (Å²) in [7, 11) is 2.81. The van der Waals surface area contributed by atoms with Gasteiger partial charge in [0.1, 0.15) is 11.3 Å². The van der Waals surface area contributed by atoms with E-state index in [0.29, 0.717) is 22.3 Å². The molecule has 1 aromatic heterocycles. The van der Waals surface area contributed by atoms with Crippen molar-refractivity contribution in [1.82, 2.24) is 0 Å². The van der Waals surface area contributed by atoms with Gasteiger partial charge in [-0.05, 0) is 48.5 Å². The predicted octanol–water partition coefficient (Wildman–Crippen LogP) is 4.27. The van der Waals surface area contributed by atoms with Gasteiger partial charge >= 0.3 is 5.97 Å². The molecule has 4 rings (SSSR count). The number of carbonyl (C=O) groups is 2. The number of nitrogens with one attached hydrogen (secondary N) is 1. The summed E-state index contributed by atoms with van der Waals surface area (Å²) >= 11 is 0. The van der Waals surface area contributed by atoms with Gasteiger partial charge < -0.3 is 23.9 Å². The first-order valence-electron chi connectivity index (χ1n) is 10.3. The zero-order valence-electron chi connectivity index (χ0n) is 18.5. The van der Waals surface area contributed by atoms with Crippen LogP contribution in [0.2, 0.25) is 0 Å². The molecule has 172 valence electrons. The Morgan fingerprint density at radius 1 is 0.912 bits per heavy atom.